The Morgan fingerprint density at radius 2 is 1.78 bits per heavy atom. The number of carbonyl (C=O) groups excluding carboxylic acids is 3. The molecular weight excluding hydrogens is 236 g/mol. The lowest BCUT2D eigenvalue weighted by atomic mass is 10.3. The highest BCUT2D eigenvalue weighted by Crippen LogP contribution is 2.18. The van der Waals surface area contributed by atoms with Gasteiger partial charge < -0.3 is 21.7 Å². The highest BCUT2D eigenvalue weighted by molar-refractivity contribution is 5.85. The van der Waals surface area contributed by atoms with Gasteiger partial charge in [0.05, 0.1) is 13.1 Å². The molecule has 7 heteroatoms. The molecule has 3 amide bonds. The molecule has 0 atom stereocenters. The summed E-state index contributed by atoms with van der Waals surface area (Å²) >= 11 is 0. The standard InChI is InChI=1S/C11H20N4O3/c12-6-10(17)14-7-11(18)13-5-1-2-9(16)15-8-3-4-8/h8H,1-7,12H2,(H,13,18)(H,14,17)(H,15,16). The molecule has 102 valence electrons. The Kier molecular flexibility index (Phi) is 6.13. The van der Waals surface area contributed by atoms with Gasteiger partial charge in [0, 0.05) is 19.0 Å². The number of nitrogens with one attached hydrogen (secondary N) is 3. The molecule has 1 aliphatic carbocycles. The first-order valence-electron chi connectivity index (χ1n) is 6.14. The maximum absolute atomic E-state index is 11.3. The van der Waals surface area contributed by atoms with Crippen molar-refractivity contribution in [3.63, 3.8) is 0 Å². The molecule has 5 N–H and O–H groups in total. The summed E-state index contributed by atoms with van der Waals surface area (Å²) in [5, 5.41) is 7.84. The van der Waals surface area contributed by atoms with E-state index in [4.69, 9.17) is 5.73 Å². The van der Waals surface area contributed by atoms with Crippen LogP contribution < -0.4 is 21.7 Å². The molecule has 1 aliphatic rings. The second-order valence-electron chi connectivity index (χ2n) is 4.28. The number of hydrogen-bond donors (Lipinski definition) is 4. The third-order valence-corrected chi connectivity index (χ3v) is 2.48. The molecule has 1 saturated carbocycles. The number of nitrogens with two attached hydrogens (primary N) is 1. The van der Waals surface area contributed by atoms with Crippen molar-refractivity contribution in [3.8, 4) is 0 Å². The van der Waals surface area contributed by atoms with E-state index >= 15 is 0 Å². The van der Waals surface area contributed by atoms with Gasteiger partial charge in [-0.15, -0.1) is 0 Å². The van der Waals surface area contributed by atoms with E-state index in [9.17, 15) is 14.4 Å². The molecule has 0 bridgehead atoms. The summed E-state index contributed by atoms with van der Waals surface area (Å²) < 4.78 is 0. The van der Waals surface area contributed by atoms with Crippen molar-refractivity contribution in [2.45, 2.75) is 31.7 Å². The molecule has 1 fully saturated rings. The first-order chi connectivity index (χ1) is 8.61. The summed E-state index contributed by atoms with van der Waals surface area (Å²) in [6.07, 6.45) is 3.15. The van der Waals surface area contributed by atoms with Gasteiger partial charge in [0.25, 0.3) is 0 Å². The van der Waals surface area contributed by atoms with Crippen LogP contribution >= 0.6 is 0 Å². The summed E-state index contributed by atoms with van der Waals surface area (Å²) in [6, 6.07) is 0.374. The molecule has 0 spiro atoms. The normalized spacial score (nSPS) is 13.8. The molecule has 1 rings (SSSR count). The molecule has 0 heterocycles. The summed E-state index contributed by atoms with van der Waals surface area (Å²) in [7, 11) is 0. The van der Waals surface area contributed by atoms with Crippen molar-refractivity contribution in [1.82, 2.24) is 16.0 Å². The SMILES string of the molecule is NCC(=O)NCC(=O)NCCCC(=O)NC1CC1. The Labute approximate surface area is 106 Å². The summed E-state index contributed by atoms with van der Waals surface area (Å²) in [5.41, 5.74) is 5.07. The Hall–Kier alpha value is -1.63. The van der Waals surface area contributed by atoms with Gasteiger partial charge in [-0.1, -0.05) is 0 Å². The third kappa shape index (κ3) is 6.85. The van der Waals surface area contributed by atoms with Gasteiger partial charge in [-0.25, -0.2) is 0 Å². The average Bonchev–Trinajstić information content (AvgIpc) is 3.15. The zero-order valence-electron chi connectivity index (χ0n) is 10.3. The highest BCUT2D eigenvalue weighted by Gasteiger charge is 2.22. The van der Waals surface area contributed by atoms with Crippen molar-refractivity contribution in [3.05, 3.63) is 0 Å². The molecule has 7 nitrogen and oxygen atoms in total. The van der Waals surface area contributed by atoms with Crippen LogP contribution in [0, 0.1) is 0 Å². The van der Waals surface area contributed by atoms with Crippen LogP contribution in [0.2, 0.25) is 0 Å². The topological polar surface area (TPSA) is 113 Å². The molecule has 0 unspecified atom stereocenters. The minimum atomic E-state index is -0.367. The monoisotopic (exact) mass is 256 g/mol. The van der Waals surface area contributed by atoms with Crippen molar-refractivity contribution in [1.29, 1.82) is 0 Å². The molecule has 0 aromatic rings. The van der Waals surface area contributed by atoms with E-state index in [1.807, 2.05) is 0 Å². The Bertz CT molecular complexity index is 315. The van der Waals surface area contributed by atoms with Crippen LogP contribution in [0.5, 0.6) is 0 Å². The van der Waals surface area contributed by atoms with Crippen molar-refractivity contribution >= 4 is 17.7 Å². The lowest BCUT2D eigenvalue weighted by Crippen LogP contribution is -2.39. The molecule has 0 aliphatic heterocycles. The fourth-order valence-corrected chi connectivity index (χ4v) is 1.32. The van der Waals surface area contributed by atoms with Crippen LogP contribution in [-0.4, -0.2) is 43.4 Å². The summed E-state index contributed by atoms with van der Waals surface area (Å²) in [4.78, 5) is 33.3. The lowest BCUT2D eigenvalue weighted by Gasteiger charge is -2.06. The van der Waals surface area contributed by atoms with Crippen LogP contribution in [0.3, 0.4) is 0 Å². The fraction of sp³-hybridized carbons (Fsp3) is 0.727. The molecule has 0 saturated heterocycles. The number of amides is 3. The quantitative estimate of drug-likeness (QED) is 0.385. The minimum absolute atomic E-state index is 0.0307. The van der Waals surface area contributed by atoms with Gasteiger partial charge in [0.1, 0.15) is 0 Å². The second kappa shape index (κ2) is 7.65. The zero-order valence-corrected chi connectivity index (χ0v) is 10.3. The van der Waals surface area contributed by atoms with Crippen LogP contribution in [0.1, 0.15) is 25.7 Å². The van der Waals surface area contributed by atoms with Crippen LogP contribution in [0.15, 0.2) is 0 Å². The number of rotatable bonds is 8. The van der Waals surface area contributed by atoms with Crippen LogP contribution in [0.4, 0.5) is 0 Å². The van der Waals surface area contributed by atoms with Crippen LogP contribution in [0.25, 0.3) is 0 Å². The third-order valence-electron chi connectivity index (χ3n) is 2.48. The van der Waals surface area contributed by atoms with E-state index in [0.717, 1.165) is 12.8 Å². The Balaban J connectivity index is 1.94. The molecule has 0 radical (unpaired) electrons. The highest BCUT2D eigenvalue weighted by atomic mass is 16.2. The van der Waals surface area contributed by atoms with Crippen molar-refractivity contribution in [2.75, 3.05) is 19.6 Å². The Morgan fingerprint density at radius 3 is 2.39 bits per heavy atom. The number of hydrogen-bond acceptors (Lipinski definition) is 4. The van der Waals surface area contributed by atoms with Gasteiger partial charge in [0.2, 0.25) is 17.7 Å². The van der Waals surface area contributed by atoms with Gasteiger partial charge in [0.15, 0.2) is 0 Å². The smallest absolute Gasteiger partial charge is 0.239 e. The molecule has 18 heavy (non-hydrogen) atoms. The van der Waals surface area contributed by atoms with Gasteiger partial charge >= 0.3 is 0 Å². The van der Waals surface area contributed by atoms with E-state index in [0.29, 0.717) is 25.4 Å². The average molecular weight is 256 g/mol. The predicted molar refractivity (Wildman–Crippen MR) is 65.5 cm³/mol. The van der Waals surface area contributed by atoms with Gasteiger partial charge in [-0.2, -0.15) is 0 Å². The minimum Gasteiger partial charge on any atom is -0.355 e. The first-order valence-corrected chi connectivity index (χ1v) is 6.14. The zero-order chi connectivity index (χ0) is 13.4. The maximum Gasteiger partial charge on any atom is 0.239 e. The number of carbonyl (C=O) groups is 3. The van der Waals surface area contributed by atoms with E-state index in [1.54, 1.807) is 0 Å². The van der Waals surface area contributed by atoms with E-state index < -0.39 is 0 Å². The predicted octanol–water partition coefficient (Wildman–Crippen LogP) is -1.76. The second-order valence-corrected chi connectivity index (χ2v) is 4.28. The van der Waals surface area contributed by atoms with Crippen molar-refractivity contribution < 1.29 is 14.4 Å². The van der Waals surface area contributed by atoms with Gasteiger partial charge in [-0.3, -0.25) is 14.4 Å². The van der Waals surface area contributed by atoms with E-state index in [2.05, 4.69) is 16.0 Å². The van der Waals surface area contributed by atoms with Crippen LogP contribution in [-0.2, 0) is 14.4 Å². The lowest BCUT2D eigenvalue weighted by molar-refractivity contribution is -0.125. The largest absolute Gasteiger partial charge is 0.355 e. The molecular formula is C11H20N4O3. The summed E-state index contributed by atoms with van der Waals surface area (Å²) in [5.74, 6) is -0.614. The molecule has 0 aromatic carbocycles. The van der Waals surface area contributed by atoms with Crippen molar-refractivity contribution in [2.24, 2.45) is 5.73 Å². The van der Waals surface area contributed by atoms with Gasteiger partial charge in [-0.05, 0) is 19.3 Å². The fourth-order valence-electron chi connectivity index (χ4n) is 1.32. The van der Waals surface area contributed by atoms with E-state index in [-0.39, 0.29) is 30.8 Å². The summed E-state index contributed by atoms with van der Waals surface area (Å²) in [6.45, 7) is 0.217. The molecule has 0 aromatic heterocycles. The maximum atomic E-state index is 11.3. The Morgan fingerprint density at radius 1 is 1.06 bits per heavy atom. The van der Waals surface area contributed by atoms with E-state index in [1.165, 1.54) is 0 Å². The first kappa shape index (κ1) is 14.4.